The molecule has 1 unspecified atom stereocenters. The number of rotatable bonds is 5. The van der Waals surface area contributed by atoms with E-state index in [1.807, 2.05) is 12.1 Å². The van der Waals surface area contributed by atoms with Gasteiger partial charge < -0.3 is 5.11 Å². The normalized spacial score (nSPS) is 12.0. The Hall–Kier alpha value is -2.54. The molecule has 3 aromatic carbocycles. The summed E-state index contributed by atoms with van der Waals surface area (Å²) in [5, 5.41) is 9.74. The van der Waals surface area contributed by atoms with Crippen molar-refractivity contribution in [1.29, 1.82) is 0 Å². The van der Waals surface area contributed by atoms with Gasteiger partial charge in [-0.05, 0) is 53.1 Å². The minimum atomic E-state index is 0.314. The molecule has 0 saturated heterocycles. The maximum Gasteiger partial charge on any atom is 0.116 e. The molecule has 0 radical (unpaired) electrons. The van der Waals surface area contributed by atoms with E-state index >= 15 is 0 Å². The van der Waals surface area contributed by atoms with Gasteiger partial charge in [0.15, 0.2) is 0 Å². The molecule has 1 nitrogen and oxygen atoms in total. The molecule has 3 aromatic rings. The van der Waals surface area contributed by atoms with Crippen LogP contribution in [0.5, 0.6) is 5.75 Å². The predicted molar refractivity (Wildman–Crippen MR) is 96.6 cm³/mol. The standard InChI is InChI=1S/C22H22O/c1-17(14-18-8-3-2-4-9-18)15-19-10-5-6-13-22(19)20-11-7-12-21(23)16-20/h2-13,16-17,23H,14-15H2,1H3. The second kappa shape index (κ2) is 7.15. The number of hydrogen-bond acceptors (Lipinski definition) is 1. The minimum absolute atomic E-state index is 0.314. The van der Waals surface area contributed by atoms with Crippen molar-refractivity contribution in [3.05, 3.63) is 90.0 Å². The van der Waals surface area contributed by atoms with Crippen LogP contribution >= 0.6 is 0 Å². The van der Waals surface area contributed by atoms with Crippen LogP contribution in [0.1, 0.15) is 18.1 Å². The zero-order valence-electron chi connectivity index (χ0n) is 13.4. The van der Waals surface area contributed by atoms with Crippen LogP contribution in [0.2, 0.25) is 0 Å². The molecular formula is C22H22O. The summed E-state index contributed by atoms with van der Waals surface area (Å²) in [6.07, 6.45) is 2.11. The first-order valence-corrected chi connectivity index (χ1v) is 8.13. The summed E-state index contributed by atoms with van der Waals surface area (Å²) in [4.78, 5) is 0. The zero-order chi connectivity index (χ0) is 16.1. The Morgan fingerprint density at radius 3 is 2.30 bits per heavy atom. The van der Waals surface area contributed by atoms with E-state index in [0.717, 1.165) is 18.4 Å². The summed E-state index contributed by atoms with van der Waals surface area (Å²) in [6, 6.07) is 26.6. The number of phenolic OH excluding ortho intramolecular Hbond substituents is 1. The van der Waals surface area contributed by atoms with Crippen LogP contribution in [0.25, 0.3) is 11.1 Å². The van der Waals surface area contributed by atoms with E-state index in [2.05, 4.69) is 67.6 Å². The highest BCUT2D eigenvalue weighted by molar-refractivity contribution is 5.68. The Morgan fingerprint density at radius 1 is 0.783 bits per heavy atom. The molecule has 0 aliphatic rings. The van der Waals surface area contributed by atoms with Crippen LogP contribution in [0.3, 0.4) is 0 Å². The smallest absolute Gasteiger partial charge is 0.116 e. The number of hydrogen-bond donors (Lipinski definition) is 1. The molecule has 0 aliphatic carbocycles. The van der Waals surface area contributed by atoms with Crippen LogP contribution in [0.4, 0.5) is 0 Å². The van der Waals surface area contributed by atoms with Crippen molar-refractivity contribution in [2.75, 3.05) is 0 Å². The van der Waals surface area contributed by atoms with Crippen LogP contribution in [0.15, 0.2) is 78.9 Å². The molecular weight excluding hydrogens is 280 g/mol. The summed E-state index contributed by atoms with van der Waals surface area (Å²) < 4.78 is 0. The Balaban J connectivity index is 1.81. The van der Waals surface area contributed by atoms with E-state index in [1.54, 1.807) is 6.07 Å². The molecule has 1 heteroatoms. The van der Waals surface area contributed by atoms with Crippen molar-refractivity contribution in [1.82, 2.24) is 0 Å². The molecule has 0 spiro atoms. The molecule has 116 valence electrons. The van der Waals surface area contributed by atoms with E-state index in [-0.39, 0.29) is 0 Å². The lowest BCUT2D eigenvalue weighted by atomic mass is 9.90. The minimum Gasteiger partial charge on any atom is -0.508 e. The molecule has 0 fully saturated rings. The van der Waals surface area contributed by atoms with E-state index < -0.39 is 0 Å². The van der Waals surface area contributed by atoms with Crippen LogP contribution < -0.4 is 0 Å². The van der Waals surface area contributed by atoms with Gasteiger partial charge in [0.25, 0.3) is 0 Å². The van der Waals surface area contributed by atoms with E-state index in [4.69, 9.17) is 0 Å². The Labute approximate surface area is 138 Å². The Morgan fingerprint density at radius 2 is 1.52 bits per heavy atom. The molecule has 1 N–H and O–H groups in total. The highest BCUT2D eigenvalue weighted by Gasteiger charge is 2.10. The van der Waals surface area contributed by atoms with Crippen molar-refractivity contribution in [3.8, 4) is 16.9 Å². The fourth-order valence-electron chi connectivity index (χ4n) is 3.12. The first kappa shape index (κ1) is 15.4. The summed E-state index contributed by atoms with van der Waals surface area (Å²) >= 11 is 0. The van der Waals surface area contributed by atoms with Crippen molar-refractivity contribution in [2.24, 2.45) is 5.92 Å². The van der Waals surface area contributed by atoms with Gasteiger partial charge in [-0.15, -0.1) is 0 Å². The molecule has 0 bridgehead atoms. The predicted octanol–water partition coefficient (Wildman–Crippen LogP) is 5.48. The Bertz CT molecular complexity index is 762. The molecule has 1 atom stereocenters. The number of benzene rings is 3. The molecule has 0 aliphatic heterocycles. The lowest BCUT2D eigenvalue weighted by molar-refractivity contribution is 0.475. The first-order chi connectivity index (χ1) is 11.2. The maximum atomic E-state index is 9.74. The SMILES string of the molecule is CC(Cc1ccccc1)Cc1ccccc1-c1cccc(O)c1. The molecule has 3 rings (SSSR count). The van der Waals surface area contributed by atoms with Crippen LogP contribution in [-0.4, -0.2) is 5.11 Å². The third-order valence-electron chi connectivity index (χ3n) is 4.17. The van der Waals surface area contributed by atoms with E-state index in [9.17, 15) is 5.11 Å². The summed E-state index contributed by atoms with van der Waals surface area (Å²) in [5.74, 6) is 0.880. The van der Waals surface area contributed by atoms with Crippen molar-refractivity contribution in [2.45, 2.75) is 19.8 Å². The average molecular weight is 302 g/mol. The van der Waals surface area contributed by atoms with Crippen molar-refractivity contribution < 1.29 is 5.11 Å². The molecule has 0 aromatic heterocycles. The summed E-state index contributed by atoms with van der Waals surface area (Å²) in [6.45, 7) is 2.30. The Kier molecular flexibility index (Phi) is 4.77. The van der Waals surface area contributed by atoms with Gasteiger partial charge in [0.1, 0.15) is 5.75 Å². The molecule has 23 heavy (non-hydrogen) atoms. The topological polar surface area (TPSA) is 20.2 Å². The number of aromatic hydroxyl groups is 1. The van der Waals surface area contributed by atoms with Crippen LogP contribution in [-0.2, 0) is 12.8 Å². The van der Waals surface area contributed by atoms with Gasteiger partial charge in [-0.25, -0.2) is 0 Å². The van der Waals surface area contributed by atoms with E-state index in [1.165, 1.54) is 16.7 Å². The summed E-state index contributed by atoms with van der Waals surface area (Å²) in [7, 11) is 0. The third-order valence-corrected chi connectivity index (χ3v) is 4.17. The number of phenols is 1. The second-order valence-corrected chi connectivity index (χ2v) is 6.21. The molecule has 0 saturated carbocycles. The van der Waals surface area contributed by atoms with Crippen molar-refractivity contribution in [3.63, 3.8) is 0 Å². The molecule has 0 heterocycles. The van der Waals surface area contributed by atoms with Gasteiger partial charge >= 0.3 is 0 Å². The van der Waals surface area contributed by atoms with Gasteiger partial charge in [-0.3, -0.25) is 0 Å². The van der Waals surface area contributed by atoms with Crippen molar-refractivity contribution >= 4 is 0 Å². The first-order valence-electron chi connectivity index (χ1n) is 8.13. The average Bonchev–Trinajstić information content (AvgIpc) is 2.56. The zero-order valence-corrected chi connectivity index (χ0v) is 13.4. The second-order valence-electron chi connectivity index (χ2n) is 6.21. The summed E-state index contributed by atoms with van der Waals surface area (Å²) in [5.41, 5.74) is 5.01. The fraction of sp³-hybridized carbons (Fsp3) is 0.182. The van der Waals surface area contributed by atoms with Gasteiger partial charge in [0.05, 0.1) is 0 Å². The van der Waals surface area contributed by atoms with Gasteiger partial charge in [-0.1, -0.05) is 73.7 Å². The van der Waals surface area contributed by atoms with Gasteiger partial charge in [-0.2, -0.15) is 0 Å². The lowest BCUT2D eigenvalue weighted by Gasteiger charge is -2.15. The third kappa shape index (κ3) is 4.01. The van der Waals surface area contributed by atoms with Gasteiger partial charge in [0, 0.05) is 0 Å². The quantitative estimate of drug-likeness (QED) is 0.661. The lowest BCUT2D eigenvalue weighted by Crippen LogP contribution is -2.05. The maximum absolute atomic E-state index is 9.74. The molecule has 0 amide bonds. The largest absolute Gasteiger partial charge is 0.508 e. The van der Waals surface area contributed by atoms with E-state index in [0.29, 0.717) is 11.7 Å². The van der Waals surface area contributed by atoms with Crippen LogP contribution in [0, 0.1) is 5.92 Å². The van der Waals surface area contributed by atoms with Gasteiger partial charge in [0.2, 0.25) is 0 Å². The highest BCUT2D eigenvalue weighted by Crippen LogP contribution is 2.28. The highest BCUT2D eigenvalue weighted by atomic mass is 16.3. The monoisotopic (exact) mass is 302 g/mol. The fourth-order valence-corrected chi connectivity index (χ4v) is 3.12.